The zero-order valence-electron chi connectivity index (χ0n) is 32.2. The number of hydrogen-bond donors (Lipinski definition) is 4. The van der Waals surface area contributed by atoms with Crippen molar-refractivity contribution in [3.05, 3.63) is 12.7 Å². The topological polar surface area (TPSA) is 177 Å². The molecule has 0 spiro atoms. The molecule has 4 aliphatic rings. The van der Waals surface area contributed by atoms with Gasteiger partial charge < -0.3 is 26.2 Å². The van der Waals surface area contributed by atoms with Crippen LogP contribution in [0, 0.1) is 34.0 Å². The summed E-state index contributed by atoms with van der Waals surface area (Å²) in [5, 5.41) is 11.2. The molecule has 5 amide bonds. The first-order chi connectivity index (χ1) is 23.4. The second-order valence-electron chi connectivity index (χ2n) is 17.9. The van der Waals surface area contributed by atoms with Crippen LogP contribution in [0.1, 0.15) is 87.5 Å². The van der Waals surface area contributed by atoms with Crippen LogP contribution in [-0.2, 0) is 29.4 Å². The van der Waals surface area contributed by atoms with Crippen molar-refractivity contribution in [2.24, 2.45) is 34.0 Å². The van der Waals surface area contributed by atoms with Gasteiger partial charge in [0, 0.05) is 45.8 Å². The Labute approximate surface area is 304 Å². The summed E-state index contributed by atoms with van der Waals surface area (Å²) in [4.78, 5) is 69.5. The molecule has 0 aromatic rings. The van der Waals surface area contributed by atoms with Crippen molar-refractivity contribution < 1.29 is 32.4 Å². The molecule has 1 aliphatic heterocycles. The Bertz CT molecular complexity index is 1490. The van der Waals surface area contributed by atoms with E-state index in [0.29, 0.717) is 13.0 Å². The number of piperidine rings is 1. The number of likely N-dealkylation sites (tertiary alicyclic amines) is 1. The highest BCUT2D eigenvalue weighted by molar-refractivity contribution is 7.86. The minimum Gasteiger partial charge on any atom is -0.346 e. The number of Topliss-reactive ketones (excluding diaryl/α,β-unsaturated/α-hetero) is 1. The Morgan fingerprint density at radius 1 is 0.941 bits per heavy atom. The van der Waals surface area contributed by atoms with Crippen molar-refractivity contribution in [3.8, 4) is 0 Å². The first-order valence-electron chi connectivity index (χ1n) is 18.2. The quantitative estimate of drug-likeness (QED) is 0.139. The number of amides is 5. The van der Waals surface area contributed by atoms with Gasteiger partial charge in [0.25, 0.3) is 16.1 Å². The van der Waals surface area contributed by atoms with Gasteiger partial charge in [-0.25, -0.2) is 4.79 Å². The number of rotatable bonds is 16. The van der Waals surface area contributed by atoms with E-state index in [1.54, 1.807) is 7.05 Å². The van der Waals surface area contributed by atoms with Gasteiger partial charge >= 0.3 is 6.03 Å². The molecular weight excluding hydrogens is 675 g/mol. The highest BCUT2D eigenvalue weighted by Gasteiger charge is 2.70. The molecule has 0 radical (unpaired) electrons. The third kappa shape index (κ3) is 9.31. The fraction of sp³-hybridized carbons (Fsp3) is 0.806. The van der Waals surface area contributed by atoms with E-state index in [0.717, 1.165) is 25.7 Å². The minimum atomic E-state index is -3.74. The van der Waals surface area contributed by atoms with Gasteiger partial charge in [0.05, 0.1) is 6.04 Å². The molecular formula is C36H61N7O7S. The lowest BCUT2D eigenvalue weighted by molar-refractivity contribution is -0.145. The monoisotopic (exact) mass is 735 g/mol. The number of urea groups is 1. The van der Waals surface area contributed by atoms with E-state index in [-0.39, 0.29) is 42.3 Å². The summed E-state index contributed by atoms with van der Waals surface area (Å²) in [7, 11) is -0.677. The van der Waals surface area contributed by atoms with Crippen molar-refractivity contribution in [1.82, 2.24) is 34.8 Å². The van der Waals surface area contributed by atoms with Crippen LogP contribution in [0.2, 0.25) is 0 Å². The molecule has 3 aliphatic carbocycles. The maximum absolute atomic E-state index is 14.5. The zero-order chi connectivity index (χ0) is 38.4. The summed E-state index contributed by atoms with van der Waals surface area (Å²) >= 11 is 0. The Kier molecular flexibility index (Phi) is 11.8. The molecule has 1 unspecified atom stereocenters. The SMILES string of the molecule is C=CCNC(=O)C(=O)C(CC1CC1)NC(=O)[C@@H]1[C@@H]2[C@H](CN1C(=O)[C@@H](NC(=O)N[C@H](CN(C)S(=O)(=O)N(C)C1CC1)C(C)(C)C)C(C)(C)C)C2(C)C. The molecule has 4 N–H and O–H groups in total. The highest BCUT2D eigenvalue weighted by atomic mass is 32.2. The number of likely N-dealkylation sites (N-methyl/N-ethyl adjacent to an activating group) is 1. The highest BCUT2D eigenvalue weighted by Crippen LogP contribution is 2.65. The van der Waals surface area contributed by atoms with E-state index < -0.39 is 74.7 Å². The van der Waals surface area contributed by atoms with Gasteiger partial charge in [-0.1, -0.05) is 74.3 Å². The van der Waals surface area contributed by atoms with Crippen LogP contribution < -0.4 is 21.3 Å². The molecule has 14 nitrogen and oxygen atoms in total. The molecule has 0 bridgehead atoms. The average Bonchev–Trinajstić information content (AvgIpc) is 3.97. The van der Waals surface area contributed by atoms with E-state index in [9.17, 15) is 32.4 Å². The van der Waals surface area contributed by atoms with Crippen LogP contribution >= 0.6 is 0 Å². The smallest absolute Gasteiger partial charge is 0.315 e. The van der Waals surface area contributed by atoms with E-state index in [1.807, 2.05) is 41.5 Å². The van der Waals surface area contributed by atoms with Crippen LogP contribution in [0.3, 0.4) is 0 Å². The van der Waals surface area contributed by atoms with Gasteiger partial charge in [-0.05, 0) is 53.3 Å². The fourth-order valence-corrected chi connectivity index (χ4v) is 8.64. The fourth-order valence-electron chi connectivity index (χ4n) is 7.28. The third-order valence-corrected chi connectivity index (χ3v) is 13.3. The second-order valence-corrected chi connectivity index (χ2v) is 20.0. The van der Waals surface area contributed by atoms with Crippen molar-refractivity contribution >= 4 is 39.7 Å². The minimum absolute atomic E-state index is 0.0140. The Morgan fingerprint density at radius 2 is 1.55 bits per heavy atom. The van der Waals surface area contributed by atoms with Gasteiger partial charge in [0.15, 0.2) is 0 Å². The molecule has 1 saturated heterocycles. The molecule has 51 heavy (non-hydrogen) atoms. The summed E-state index contributed by atoms with van der Waals surface area (Å²) in [6.45, 7) is 19.3. The number of carbonyl (C=O) groups is 5. The average molecular weight is 736 g/mol. The number of carbonyl (C=O) groups excluding carboxylic acids is 5. The Balaban J connectivity index is 1.51. The maximum Gasteiger partial charge on any atom is 0.315 e. The standard InChI is InChI=1S/C36H61N7O7S/c1-12-17-37-31(46)28(44)24(18-21-13-14-21)38-30(45)27-26-23(36(26,8)9)19-43(27)32(47)29(35(5,6)7)40-33(48)39-25(34(2,3)4)20-41(10)51(49,50)42(11)22-15-16-22/h12,21-27,29H,1,13-20H2,2-11H3,(H,37,46)(H,38,45)(H2,39,40,48)/t23-,24?,25+,26-,27-,29+/m0/s1. The molecule has 6 atom stereocenters. The summed E-state index contributed by atoms with van der Waals surface area (Å²) in [5.41, 5.74) is -1.52. The molecule has 0 aromatic carbocycles. The van der Waals surface area contributed by atoms with Crippen LogP contribution in [0.25, 0.3) is 0 Å². The van der Waals surface area contributed by atoms with Crippen LogP contribution in [0.15, 0.2) is 12.7 Å². The van der Waals surface area contributed by atoms with Crippen LogP contribution in [0.5, 0.6) is 0 Å². The number of nitrogens with one attached hydrogen (secondary N) is 4. The number of ketones is 1. The second kappa shape index (κ2) is 14.8. The van der Waals surface area contributed by atoms with Crippen molar-refractivity contribution in [3.63, 3.8) is 0 Å². The summed E-state index contributed by atoms with van der Waals surface area (Å²) < 4.78 is 29.0. The largest absolute Gasteiger partial charge is 0.346 e. The predicted octanol–water partition coefficient (Wildman–Crippen LogP) is 2.03. The zero-order valence-corrected chi connectivity index (χ0v) is 33.0. The third-order valence-electron chi connectivity index (χ3n) is 11.3. The van der Waals surface area contributed by atoms with Crippen molar-refractivity contribution in [1.29, 1.82) is 0 Å². The normalized spacial score (nSPS) is 24.6. The predicted molar refractivity (Wildman–Crippen MR) is 194 cm³/mol. The molecule has 288 valence electrons. The Hall–Kier alpha value is -3.04. The lowest BCUT2D eigenvalue weighted by Gasteiger charge is -2.39. The molecule has 15 heteroatoms. The van der Waals surface area contributed by atoms with Crippen LogP contribution in [-0.4, -0.2) is 115 Å². The van der Waals surface area contributed by atoms with Crippen molar-refractivity contribution in [2.45, 2.75) is 118 Å². The molecule has 1 heterocycles. The first kappa shape index (κ1) is 40.7. The van der Waals surface area contributed by atoms with Gasteiger partial charge in [0.2, 0.25) is 17.6 Å². The number of fused-ring (bicyclic) bond motifs is 1. The van der Waals surface area contributed by atoms with Gasteiger partial charge in [0.1, 0.15) is 12.1 Å². The summed E-state index contributed by atoms with van der Waals surface area (Å²) in [6.07, 6.45) is 5.29. The van der Waals surface area contributed by atoms with E-state index in [4.69, 9.17) is 0 Å². The Morgan fingerprint density at radius 3 is 2.06 bits per heavy atom. The van der Waals surface area contributed by atoms with E-state index in [1.165, 1.54) is 26.6 Å². The molecule has 3 saturated carbocycles. The molecule has 4 fully saturated rings. The summed E-state index contributed by atoms with van der Waals surface area (Å²) in [5.74, 6) is -2.29. The first-order valence-corrected chi connectivity index (χ1v) is 19.6. The lowest BCUT2D eigenvalue weighted by Crippen LogP contribution is -2.63. The number of hydrogen-bond acceptors (Lipinski definition) is 7. The summed E-state index contributed by atoms with van der Waals surface area (Å²) in [6, 6.07) is -4.19. The maximum atomic E-state index is 14.5. The van der Waals surface area contributed by atoms with Gasteiger partial charge in [-0.3, -0.25) is 19.2 Å². The van der Waals surface area contributed by atoms with E-state index in [2.05, 4.69) is 41.7 Å². The number of nitrogens with zero attached hydrogens (tertiary/aromatic N) is 3. The van der Waals surface area contributed by atoms with Crippen LogP contribution in [0.4, 0.5) is 4.79 Å². The van der Waals surface area contributed by atoms with Crippen molar-refractivity contribution in [2.75, 3.05) is 33.7 Å². The lowest BCUT2D eigenvalue weighted by atomic mass is 9.85. The van der Waals surface area contributed by atoms with Gasteiger partial charge in [-0.15, -0.1) is 6.58 Å². The van der Waals surface area contributed by atoms with E-state index >= 15 is 0 Å². The molecule has 0 aromatic heterocycles. The van der Waals surface area contributed by atoms with Gasteiger partial charge in [-0.2, -0.15) is 17.0 Å². The molecule has 4 rings (SSSR count).